The number of carbonyl (C=O) groups excluding carboxylic acids is 1. The van der Waals surface area contributed by atoms with Crippen molar-refractivity contribution in [3.8, 4) is 0 Å². The summed E-state index contributed by atoms with van der Waals surface area (Å²) in [4.78, 5) is 25.9. The standard InChI is InChI=1S/C16H19NO3/c1-10-8-12(13(9-10)16(19)20)15(18)17-7-6-11-4-2-3-5-14(11)17/h2-5,10,12-13H,6-9H2,1H3,(H,19,20)/t10?,12-,13+/m0/s1. The number of hydrogen-bond donors (Lipinski definition) is 1. The Kier molecular flexibility index (Phi) is 3.24. The Hall–Kier alpha value is -1.84. The summed E-state index contributed by atoms with van der Waals surface area (Å²) >= 11 is 0. The number of hydrogen-bond acceptors (Lipinski definition) is 2. The van der Waals surface area contributed by atoms with Crippen LogP contribution in [0.1, 0.15) is 25.3 Å². The molecule has 1 aliphatic carbocycles. The molecule has 0 radical (unpaired) electrons. The second-order valence-corrected chi connectivity index (χ2v) is 6.00. The van der Waals surface area contributed by atoms with Gasteiger partial charge in [0.25, 0.3) is 0 Å². The molecule has 1 amide bonds. The van der Waals surface area contributed by atoms with Gasteiger partial charge in [-0.05, 0) is 36.8 Å². The van der Waals surface area contributed by atoms with Crippen LogP contribution in [-0.2, 0) is 16.0 Å². The van der Waals surface area contributed by atoms with Crippen LogP contribution in [0, 0.1) is 17.8 Å². The minimum atomic E-state index is -0.833. The van der Waals surface area contributed by atoms with Crippen molar-refractivity contribution in [3.63, 3.8) is 0 Å². The van der Waals surface area contributed by atoms with Crippen molar-refractivity contribution in [1.29, 1.82) is 0 Å². The Morgan fingerprint density at radius 1 is 1.20 bits per heavy atom. The molecule has 1 N–H and O–H groups in total. The Morgan fingerprint density at radius 2 is 1.90 bits per heavy atom. The Labute approximate surface area is 118 Å². The molecule has 1 aliphatic heterocycles. The van der Waals surface area contributed by atoms with Gasteiger partial charge < -0.3 is 10.0 Å². The van der Waals surface area contributed by atoms with Gasteiger partial charge in [-0.1, -0.05) is 25.1 Å². The Balaban J connectivity index is 1.85. The second kappa shape index (κ2) is 4.93. The van der Waals surface area contributed by atoms with Crippen molar-refractivity contribution in [2.45, 2.75) is 26.2 Å². The van der Waals surface area contributed by atoms with Gasteiger partial charge in [0.2, 0.25) is 5.91 Å². The second-order valence-electron chi connectivity index (χ2n) is 6.00. The van der Waals surface area contributed by atoms with E-state index < -0.39 is 11.9 Å². The van der Waals surface area contributed by atoms with Gasteiger partial charge in [-0.15, -0.1) is 0 Å². The topological polar surface area (TPSA) is 57.6 Å². The SMILES string of the molecule is CC1C[C@H](C(=O)N2CCc3ccccc32)[C@H](C(=O)O)C1. The summed E-state index contributed by atoms with van der Waals surface area (Å²) < 4.78 is 0. The maximum absolute atomic E-state index is 12.7. The van der Waals surface area contributed by atoms with E-state index in [0.29, 0.717) is 25.3 Å². The van der Waals surface area contributed by atoms with Crippen LogP contribution in [-0.4, -0.2) is 23.5 Å². The van der Waals surface area contributed by atoms with Crippen LogP contribution in [0.2, 0.25) is 0 Å². The van der Waals surface area contributed by atoms with E-state index in [1.807, 2.05) is 31.2 Å². The van der Waals surface area contributed by atoms with Crippen molar-refractivity contribution in [2.24, 2.45) is 17.8 Å². The number of nitrogens with zero attached hydrogens (tertiary/aromatic N) is 1. The van der Waals surface area contributed by atoms with E-state index in [2.05, 4.69) is 0 Å². The molecule has 1 aromatic carbocycles. The lowest BCUT2D eigenvalue weighted by atomic mass is 9.94. The van der Waals surface area contributed by atoms with Crippen LogP contribution >= 0.6 is 0 Å². The molecule has 106 valence electrons. The van der Waals surface area contributed by atoms with Crippen molar-refractivity contribution < 1.29 is 14.7 Å². The summed E-state index contributed by atoms with van der Waals surface area (Å²) in [5.41, 5.74) is 2.14. The number of amides is 1. The number of benzene rings is 1. The predicted octanol–water partition coefficient (Wildman–Crippen LogP) is 2.32. The molecular formula is C16H19NO3. The van der Waals surface area contributed by atoms with E-state index in [1.165, 1.54) is 5.56 Å². The van der Waals surface area contributed by atoms with Crippen molar-refractivity contribution in [1.82, 2.24) is 0 Å². The first-order valence-electron chi connectivity index (χ1n) is 7.20. The zero-order valence-electron chi connectivity index (χ0n) is 11.6. The van der Waals surface area contributed by atoms with E-state index in [4.69, 9.17) is 0 Å². The normalized spacial score (nSPS) is 28.4. The van der Waals surface area contributed by atoms with Crippen LogP contribution in [0.25, 0.3) is 0 Å². The van der Waals surface area contributed by atoms with Crippen molar-refractivity contribution >= 4 is 17.6 Å². The highest BCUT2D eigenvalue weighted by Gasteiger charge is 2.43. The highest BCUT2D eigenvalue weighted by atomic mass is 16.4. The zero-order valence-corrected chi connectivity index (χ0v) is 11.6. The summed E-state index contributed by atoms with van der Waals surface area (Å²) in [6.07, 6.45) is 2.16. The number of fused-ring (bicyclic) bond motifs is 1. The maximum Gasteiger partial charge on any atom is 0.307 e. The first-order chi connectivity index (χ1) is 9.58. The number of carbonyl (C=O) groups is 2. The number of rotatable bonds is 2. The van der Waals surface area contributed by atoms with Crippen molar-refractivity contribution in [3.05, 3.63) is 29.8 Å². The summed E-state index contributed by atoms with van der Waals surface area (Å²) in [6.45, 7) is 2.70. The molecule has 3 rings (SSSR count). The fourth-order valence-electron chi connectivity index (χ4n) is 3.60. The molecule has 4 heteroatoms. The van der Waals surface area contributed by atoms with Gasteiger partial charge in [0, 0.05) is 12.2 Å². The zero-order chi connectivity index (χ0) is 14.3. The molecule has 4 nitrogen and oxygen atoms in total. The fraction of sp³-hybridized carbons (Fsp3) is 0.500. The van der Waals surface area contributed by atoms with Gasteiger partial charge in [0.15, 0.2) is 0 Å². The molecule has 1 aromatic rings. The molecular weight excluding hydrogens is 254 g/mol. The van der Waals surface area contributed by atoms with Gasteiger partial charge in [0.05, 0.1) is 11.8 Å². The first kappa shape index (κ1) is 13.2. The van der Waals surface area contributed by atoms with Crippen LogP contribution in [0.3, 0.4) is 0 Å². The lowest BCUT2D eigenvalue weighted by molar-refractivity contribution is -0.145. The molecule has 2 aliphatic rings. The monoisotopic (exact) mass is 273 g/mol. The number of anilines is 1. The summed E-state index contributed by atoms with van der Waals surface area (Å²) in [5.74, 6) is -1.42. The Bertz CT molecular complexity index is 554. The minimum Gasteiger partial charge on any atom is -0.481 e. The molecule has 0 saturated heterocycles. The van der Waals surface area contributed by atoms with E-state index in [1.54, 1.807) is 4.90 Å². The number of carboxylic acids is 1. The van der Waals surface area contributed by atoms with Crippen LogP contribution in [0.15, 0.2) is 24.3 Å². The molecule has 0 aromatic heterocycles. The summed E-state index contributed by atoms with van der Waals surface area (Å²) in [5, 5.41) is 9.32. The average Bonchev–Trinajstić information content (AvgIpc) is 3.01. The van der Waals surface area contributed by atoms with Crippen LogP contribution < -0.4 is 4.90 Å². The van der Waals surface area contributed by atoms with Crippen molar-refractivity contribution in [2.75, 3.05) is 11.4 Å². The minimum absolute atomic E-state index is 0.00769. The third-order valence-corrected chi connectivity index (χ3v) is 4.59. The van der Waals surface area contributed by atoms with Gasteiger partial charge >= 0.3 is 5.97 Å². The van der Waals surface area contributed by atoms with E-state index in [9.17, 15) is 14.7 Å². The third-order valence-electron chi connectivity index (χ3n) is 4.59. The third kappa shape index (κ3) is 2.09. The summed E-state index contributed by atoms with van der Waals surface area (Å²) in [6, 6.07) is 7.89. The molecule has 1 heterocycles. The van der Waals surface area contributed by atoms with E-state index in [-0.39, 0.29) is 11.8 Å². The number of carboxylic acid groups (broad SMARTS) is 1. The highest BCUT2D eigenvalue weighted by molar-refractivity contribution is 5.99. The van der Waals surface area contributed by atoms with Gasteiger partial charge in [-0.3, -0.25) is 9.59 Å². The van der Waals surface area contributed by atoms with E-state index in [0.717, 1.165) is 12.1 Å². The van der Waals surface area contributed by atoms with Gasteiger partial charge in [0.1, 0.15) is 0 Å². The largest absolute Gasteiger partial charge is 0.481 e. The number of para-hydroxylation sites is 1. The smallest absolute Gasteiger partial charge is 0.307 e. The molecule has 20 heavy (non-hydrogen) atoms. The van der Waals surface area contributed by atoms with Crippen LogP contribution in [0.5, 0.6) is 0 Å². The molecule has 3 atom stereocenters. The molecule has 0 spiro atoms. The molecule has 1 unspecified atom stereocenters. The quantitative estimate of drug-likeness (QED) is 0.899. The lowest BCUT2D eigenvalue weighted by Crippen LogP contribution is -2.38. The summed E-state index contributed by atoms with van der Waals surface area (Å²) in [7, 11) is 0. The van der Waals surface area contributed by atoms with E-state index >= 15 is 0 Å². The Morgan fingerprint density at radius 3 is 2.65 bits per heavy atom. The number of aliphatic carboxylic acids is 1. The van der Waals surface area contributed by atoms with Gasteiger partial charge in [-0.25, -0.2) is 0 Å². The van der Waals surface area contributed by atoms with Crippen LogP contribution in [0.4, 0.5) is 5.69 Å². The fourth-order valence-corrected chi connectivity index (χ4v) is 3.60. The maximum atomic E-state index is 12.7. The van der Waals surface area contributed by atoms with Gasteiger partial charge in [-0.2, -0.15) is 0 Å². The molecule has 1 fully saturated rings. The highest BCUT2D eigenvalue weighted by Crippen LogP contribution is 2.39. The predicted molar refractivity (Wildman–Crippen MR) is 75.5 cm³/mol. The first-order valence-corrected chi connectivity index (χ1v) is 7.20. The average molecular weight is 273 g/mol. The lowest BCUT2D eigenvalue weighted by Gasteiger charge is -2.23. The molecule has 0 bridgehead atoms. The molecule has 1 saturated carbocycles.